The number of thiazole rings is 1. The lowest BCUT2D eigenvalue weighted by Gasteiger charge is -2.09. The minimum absolute atomic E-state index is 0.0441. The minimum Gasteiger partial charge on any atom is -0.486 e. The molecule has 39 heavy (non-hydrogen) atoms. The number of allylic oxidation sites excluding steroid dienone is 1. The second-order valence-corrected chi connectivity index (χ2v) is 10.8. The highest BCUT2D eigenvalue weighted by atomic mass is 35.5. The summed E-state index contributed by atoms with van der Waals surface area (Å²) in [4.78, 5) is 17.4. The summed E-state index contributed by atoms with van der Waals surface area (Å²) in [5.41, 5.74) is 0.682. The van der Waals surface area contributed by atoms with E-state index in [2.05, 4.69) is 27.1 Å². The number of ether oxygens (including phenoxy) is 1. The van der Waals surface area contributed by atoms with E-state index in [9.17, 15) is 18.0 Å². The van der Waals surface area contributed by atoms with E-state index in [0.29, 0.717) is 38.8 Å². The van der Waals surface area contributed by atoms with Crippen LogP contribution < -0.4 is 10.1 Å². The number of rotatable bonds is 11. The maximum Gasteiger partial charge on any atom is 0.416 e. The lowest BCUT2D eigenvalue weighted by Crippen LogP contribution is -2.14. The molecule has 0 saturated heterocycles. The fourth-order valence-corrected chi connectivity index (χ4v) is 5.24. The van der Waals surface area contributed by atoms with Gasteiger partial charge < -0.3 is 10.1 Å². The van der Waals surface area contributed by atoms with Gasteiger partial charge in [-0.3, -0.25) is 9.36 Å². The average molecular weight is 594 g/mol. The summed E-state index contributed by atoms with van der Waals surface area (Å²) in [6.07, 6.45) is -1.10. The van der Waals surface area contributed by atoms with Crippen molar-refractivity contribution in [1.82, 2.24) is 19.7 Å². The molecule has 4 rings (SSSR count). The molecule has 13 heteroatoms. The van der Waals surface area contributed by atoms with E-state index in [-0.39, 0.29) is 29.7 Å². The van der Waals surface area contributed by atoms with Gasteiger partial charge in [0.15, 0.2) is 16.1 Å². The Labute approximate surface area is 236 Å². The monoisotopic (exact) mass is 593 g/mol. The molecule has 1 amide bonds. The Hall–Kier alpha value is -3.35. The molecule has 0 aliphatic carbocycles. The van der Waals surface area contributed by atoms with Crippen LogP contribution in [0.3, 0.4) is 0 Å². The quantitative estimate of drug-likeness (QED) is 0.152. The number of nitrogens with zero attached hydrogens (tertiary/aromatic N) is 4. The Balaban J connectivity index is 1.33. The topological polar surface area (TPSA) is 81.9 Å². The summed E-state index contributed by atoms with van der Waals surface area (Å²) in [7, 11) is 0. The Morgan fingerprint density at radius 3 is 2.72 bits per heavy atom. The largest absolute Gasteiger partial charge is 0.486 e. The fourth-order valence-electron chi connectivity index (χ4n) is 3.43. The SMILES string of the molecule is C=CCn1c(COc2ccc(C)cc2)nnc1SCC(=O)Nc1ncc(Cc2cc(C(F)(F)F)ccc2Cl)s1. The van der Waals surface area contributed by atoms with Crippen LogP contribution in [0.2, 0.25) is 5.02 Å². The number of nitrogens with one attached hydrogen (secondary N) is 1. The van der Waals surface area contributed by atoms with Crippen LogP contribution in [-0.4, -0.2) is 31.4 Å². The Bertz CT molecular complexity index is 1450. The number of halogens is 4. The van der Waals surface area contributed by atoms with Crippen LogP contribution in [0.1, 0.15) is 27.4 Å². The zero-order chi connectivity index (χ0) is 28.0. The second kappa shape index (κ2) is 12.7. The van der Waals surface area contributed by atoms with Crippen molar-refractivity contribution in [2.45, 2.75) is 37.8 Å². The molecule has 0 radical (unpaired) electrons. The van der Waals surface area contributed by atoms with Crippen molar-refractivity contribution < 1.29 is 22.7 Å². The molecule has 2 aromatic carbocycles. The summed E-state index contributed by atoms with van der Waals surface area (Å²) in [6.45, 7) is 6.41. The number of alkyl halides is 3. The molecule has 0 fully saturated rings. The van der Waals surface area contributed by atoms with Gasteiger partial charge in [0, 0.05) is 29.1 Å². The molecule has 0 spiro atoms. The van der Waals surface area contributed by atoms with E-state index in [1.54, 1.807) is 6.08 Å². The Morgan fingerprint density at radius 2 is 2.00 bits per heavy atom. The molecule has 204 valence electrons. The van der Waals surface area contributed by atoms with E-state index >= 15 is 0 Å². The third kappa shape index (κ3) is 7.84. The van der Waals surface area contributed by atoms with Crippen LogP contribution in [0.15, 0.2) is 66.5 Å². The van der Waals surface area contributed by atoms with Crippen LogP contribution >= 0.6 is 34.7 Å². The van der Waals surface area contributed by atoms with Gasteiger partial charge in [-0.25, -0.2) is 4.98 Å². The molecule has 0 aliphatic heterocycles. The summed E-state index contributed by atoms with van der Waals surface area (Å²) >= 11 is 8.46. The van der Waals surface area contributed by atoms with E-state index in [0.717, 1.165) is 17.7 Å². The molecule has 2 heterocycles. The molecule has 1 N–H and O–H groups in total. The first kappa shape index (κ1) is 28.7. The molecule has 0 aliphatic rings. The first-order chi connectivity index (χ1) is 18.6. The summed E-state index contributed by atoms with van der Waals surface area (Å²) in [5.74, 6) is 1.03. The lowest BCUT2D eigenvalue weighted by molar-refractivity contribution is -0.137. The second-order valence-electron chi connectivity index (χ2n) is 8.35. The molecule has 0 bridgehead atoms. The van der Waals surface area contributed by atoms with E-state index in [1.165, 1.54) is 35.4 Å². The fraction of sp³-hybridized carbons (Fsp3) is 0.231. The van der Waals surface area contributed by atoms with Gasteiger partial charge in [-0.2, -0.15) is 13.2 Å². The maximum absolute atomic E-state index is 13.0. The average Bonchev–Trinajstić information content (AvgIpc) is 3.49. The summed E-state index contributed by atoms with van der Waals surface area (Å²) in [6, 6.07) is 10.9. The number of hydrogen-bond donors (Lipinski definition) is 1. The van der Waals surface area contributed by atoms with Gasteiger partial charge in [0.05, 0.1) is 11.3 Å². The van der Waals surface area contributed by atoms with Crippen molar-refractivity contribution in [3.63, 3.8) is 0 Å². The Morgan fingerprint density at radius 1 is 1.23 bits per heavy atom. The smallest absolute Gasteiger partial charge is 0.416 e. The number of aromatic nitrogens is 4. The Kier molecular flexibility index (Phi) is 9.31. The van der Waals surface area contributed by atoms with Crippen molar-refractivity contribution in [2.75, 3.05) is 11.1 Å². The zero-order valence-electron chi connectivity index (χ0n) is 20.7. The van der Waals surface area contributed by atoms with Gasteiger partial charge in [0.25, 0.3) is 0 Å². The van der Waals surface area contributed by atoms with Crippen LogP contribution in [0.5, 0.6) is 5.75 Å². The van der Waals surface area contributed by atoms with Gasteiger partial charge >= 0.3 is 6.18 Å². The van der Waals surface area contributed by atoms with E-state index < -0.39 is 11.7 Å². The van der Waals surface area contributed by atoms with Gasteiger partial charge in [-0.1, -0.05) is 47.1 Å². The molecular formula is C26H23ClF3N5O2S2. The molecule has 7 nitrogen and oxygen atoms in total. The molecule has 0 unspecified atom stereocenters. The third-order valence-corrected chi connectivity index (χ3v) is 7.61. The van der Waals surface area contributed by atoms with Crippen molar-refractivity contribution in [2.24, 2.45) is 0 Å². The van der Waals surface area contributed by atoms with Crippen molar-refractivity contribution in [3.05, 3.63) is 93.7 Å². The van der Waals surface area contributed by atoms with E-state index in [4.69, 9.17) is 16.3 Å². The van der Waals surface area contributed by atoms with Crippen molar-refractivity contribution in [1.29, 1.82) is 0 Å². The first-order valence-corrected chi connectivity index (χ1v) is 13.8. The highest BCUT2D eigenvalue weighted by Gasteiger charge is 2.31. The predicted molar refractivity (Wildman–Crippen MR) is 146 cm³/mol. The summed E-state index contributed by atoms with van der Waals surface area (Å²) < 4.78 is 46.8. The van der Waals surface area contributed by atoms with Crippen molar-refractivity contribution in [3.8, 4) is 5.75 Å². The number of aryl methyl sites for hydroxylation is 1. The van der Waals surface area contributed by atoms with Crippen LogP contribution in [0.25, 0.3) is 0 Å². The summed E-state index contributed by atoms with van der Waals surface area (Å²) in [5, 5.41) is 12.2. The third-order valence-electron chi connectivity index (χ3n) is 5.36. The van der Waals surface area contributed by atoms with Gasteiger partial charge in [-0.15, -0.1) is 28.1 Å². The lowest BCUT2D eigenvalue weighted by atomic mass is 10.1. The first-order valence-electron chi connectivity index (χ1n) is 11.6. The zero-order valence-corrected chi connectivity index (χ0v) is 23.1. The van der Waals surface area contributed by atoms with Gasteiger partial charge in [-0.05, 0) is 42.8 Å². The highest BCUT2D eigenvalue weighted by molar-refractivity contribution is 7.99. The number of carbonyl (C=O) groups is 1. The number of anilines is 1. The number of benzene rings is 2. The normalized spacial score (nSPS) is 11.4. The molecule has 0 atom stereocenters. The van der Waals surface area contributed by atoms with E-state index in [1.807, 2.05) is 35.8 Å². The maximum atomic E-state index is 13.0. The van der Waals surface area contributed by atoms with Crippen LogP contribution in [-0.2, 0) is 30.5 Å². The number of thioether (sulfide) groups is 1. The van der Waals surface area contributed by atoms with Gasteiger partial charge in [0.2, 0.25) is 5.91 Å². The number of carbonyl (C=O) groups excluding carboxylic acids is 1. The van der Waals surface area contributed by atoms with Gasteiger partial charge in [0.1, 0.15) is 12.4 Å². The van der Waals surface area contributed by atoms with Crippen molar-refractivity contribution >= 4 is 45.7 Å². The number of hydrogen-bond acceptors (Lipinski definition) is 7. The highest BCUT2D eigenvalue weighted by Crippen LogP contribution is 2.33. The molecule has 0 saturated carbocycles. The molecule has 2 aromatic heterocycles. The standard InChI is InChI=1S/C26H23ClF3N5O2S2/c1-3-10-35-22(14-37-19-7-4-16(2)5-8-19)33-34-25(35)38-15-23(36)32-24-31-13-20(39-24)12-17-11-18(26(28,29)30)6-9-21(17)27/h3-9,11,13H,1,10,12,14-15H2,2H3,(H,31,32,36). The van der Waals surface area contributed by atoms with Crippen LogP contribution in [0.4, 0.5) is 18.3 Å². The minimum atomic E-state index is -4.46. The van der Waals surface area contributed by atoms with Crippen LogP contribution in [0, 0.1) is 6.92 Å². The number of amides is 1. The molecular weight excluding hydrogens is 571 g/mol. The molecule has 4 aromatic rings. The predicted octanol–water partition coefficient (Wildman–Crippen LogP) is 6.80.